The molecule has 3 rings (SSSR count). The maximum atomic E-state index is 5.55. The van der Waals surface area contributed by atoms with Gasteiger partial charge in [0.25, 0.3) is 0 Å². The maximum absolute atomic E-state index is 5.55. The lowest BCUT2D eigenvalue weighted by Crippen LogP contribution is -1.99. The third-order valence-electron chi connectivity index (χ3n) is 2.16. The molecule has 17 heavy (non-hydrogen) atoms. The number of hydrogen-bond donors (Lipinski definition) is 1. The smallest absolute Gasteiger partial charge is 0.243 e. The van der Waals surface area contributed by atoms with Gasteiger partial charge in [-0.05, 0) is 10.3 Å². The SMILES string of the molecule is Nc1nonc1-n1cc(Cn2ccnc2)nn1. The predicted molar refractivity (Wildman–Crippen MR) is 55.0 cm³/mol. The lowest BCUT2D eigenvalue weighted by molar-refractivity contribution is 0.307. The Labute approximate surface area is 94.8 Å². The molecule has 86 valence electrons. The van der Waals surface area contributed by atoms with Crippen molar-refractivity contribution in [3.8, 4) is 5.82 Å². The van der Waals surface area contributed by atoms with Crippen LogP contribution in [0.3, 0.4) is 0 Å². The van der Waals surface area contributed by atoms with Crippen LogP contribution in [-0.4, -0.2) is 34.9 Å². The Morgan fingerprint density at radius 2 is 2.29 bits per heavy atom. The number of anilines is 1. The summed E-state index contributed by atoms with van der Waals surface area (Å²) >= 11 is 0. The molecule has 0 amide bonds. The molecule has 0 saturated heterocycles. The Kier molecular flexibility index (Phi) is 2.07. The zero-order valence-electron chi connectivity index (χ0n) is 8.63. The third kappa shape index (κ3) is 1.73. The molecular weight excluding hydrogens is 224 g/mol. The fourth-order valence-corrected chi connectivity index (χ4v) is 1.39. The summed E-state index contributed by atoms with van der Waals surface area (Å²) < 4.78 is 7.77. The van der Waals surface area contributed by atoms with E-state index in [1.54, 1.807) is 18.7 Å². The molecule has 0 fully saturated rings. The number of nitrogens with zero attached hydrogens (tertiary/aromatic N) is 7. The van der Waals surface area contributed by atoms with Crippen molar-refractivity contribution in [1.29, 1.82) is 0 Å². The number of rotatable bonds is 3. The Morgan fingerprint density at radius 1 is 1.35 bits per heavy atom. The summed E-state index contributed by atoms with van der Waals surface area (Å²) in [7, 11) is 0. The molecule has 9 heteroatoms. The van der Waals surface area contributed by atoms with Crippen molar-refractivity contribution >= 4 is 5.82 Å². The van der Waals surface area contributed by atoms with Crippen molar-refractivity contribution in [1.82, 2.24) is 34.9 Å². The van der Waals surface area contributed by atoms with Gasteiger partial charge in [0, 0.05) is 12.4 Å². The summed E-state index contributed by atoms with van der Waals surface area (Å²) in [6, 6.07) is 0. The summed E-state index contributed by atoms with van der Waals surface area (Å²) in [5.41, 5.74) is 6.30. The summed E-state index contributed by atoms with van der Waals surface area (Å²) in [5.74, 6) is 0.499. The van der Waals surface area contributed by atoms with E-state index < -0.39 is 0 Å². The molecule has 0 bridgehead atoms. The number of nitrogens with two attached hydrogens (primary N) is 1. The molecule has 0 spiro atoms. The van der Waals surface area contributed by atoms with E-state index in [1.165, 1.54) is 4.68 Å². The van der Waals surface area contributed by atoms with Gasteiger partial charge in [-0.15, -0.1) is 5.10 Å². The second-order valence-electron chi connectivity index (χ2n) is 3.36. The van der Waals surface area contributed by atoms with Crippen molar-refractivity contribution in [2.24, 2.45) is 0 Å². The lowest BCUT2D eigenvalue weighted by atomic mass is 10.4. The van der Waals surface area contributed by atoms with Crippen LogP contribution >= 0.6 is 0 Å². The quantitative estimate of drug-likeness (QED) is 0.646. The predicted octanol–water partition coefficient (Wildman–Crippen LogP) is -0.523. The van der Waals surface area contributed by atoms with E-state index in [1.807, 2.05) is 10.8 Å². The van der Waals surface area contributed by atoms with E-state index >= 15 is 0 Å². The van der Waals surface area contributed by atoms with Gasteiger partial charge in [-0.2, -0.15) is 4.68 Å². The van der Waals surface area contributed by atoms with Gasteiger partial charge in [0.2, 0.25) is 11.6 Å². The molecule has 3 heterocycles. The zero-order chi connectivity index (χ0) is 11.7. The Balaban J connectivity index is 1.86. The van der Waals surface area contributed by atoms with Crippen LogP contribution in [-0.2, 0) is 6.54 Å². The third-order valence-corrected chi connectivity index (χ3v) is 2.16. The van der Waals surface area contributed by atoms with Crippen LogP contribution in [0.1, 0.15) is 5.69 Å². The van der Waals surface area contributed by atoms with Crippen molar-refractivity contribution in [2.45, 2.75) is 6.54 Å². The van der Waals surface area contributed by atoms with E-state index in [0.717, 1.165) is 5.69 Å². The van der Waals surface area contributed by atoms with Crippen LogP contribution in [0.25, 0.3) is 5.82 Å². The molecule has 0 saturated carbocycles. The van der Waals surface area contributed by atoms with Gasteiger partial charge in [-0.1, -0.05) is 5.21 Å². The highest BCUT2D eigenvalue weighted by Crippen LogP contribution is 2.10. The number of hydrogen-bond acceptors (Lipinski definition) is 7. The average Bonchev–Trinajstić information content (AvgIpc) is 3.00. The first-order valence-electron chi connectivity index (χ1n) is 4.78. The van der Waals surface area contributed by atoms with Gasteiger partial charge in [0.15, 0.2) is 0 Å². The van der Waals surface area contributed by atoms with Gasteiger partial charge < -0.3 is 10.3 Å². The largest absolute Gasteiger partial charge is 0.378 e. The molecule has 0 aliphatic rings. The summed E-state index contributed by atoms with van der Waals surface area (Å²) in [6.07, 6.45) is 6.94. The second kappa shape index (κ2) is 3.70. The molecule has 9 nitrogen and oxygen atoms in total. The first kappa shape index (κ1) is 9.51. The highest BCUT2D eigenvalue weighted by atomic mass is 16.6. The average molecular weight is 232 g/mol. The normalized spacial score (nSPS) is 10.8. The van der Waals surface area contributed by atoms with E-state index in [4.69, 9.17) is 5.73 Å². The van der Waals surface area contributed by atoms with Crippen LogP contribution in [0.4, 0.5) is 5.82 Å². The zero-order valence-corrected chi connectivity index (χ0v) is 8.63. The van der Waals surface area contributed by atoms with Gasteiger partial charge in [0.05, 0.1) is 19.1 Å². The molecule has 0 aliphatic carbocycles. The fraction of sp³-hybridized carbons (Fsp3) is 0.125. The molecule has 0 aromatic carbocycles. The Bertz CT molecular complexity index is 609. The monoisotopic (exact) mass is 232 g/mol. The highest BCUT2D eigenvalue weighted by Gasteiger charge is 2.11. The minimum atomic E-state index is 0.170. The Hall–Kier alpha value is -2.71. The van der Waals surface area contributed by atoms with Crippen LogP contribution in [0, 0.1) is 0 Å². The van der Waals surface area contributed by atoms with E-state index in [2.05, 4.69) is 30.2 Å². The summed E-state index contributed by atoms with van der Waals surface area (Å²) in [6.45, 7) is 0.575. The molecule has 3 aromatic rings. The Morgan fingerprint density at radius 3 is 3.00 bits per heavy atom. The minimum Gasteiger partial charge on any atom is -0.378 e. The number of imidazole rings is 1. The molecule has 0 radical (unpaired) electrons. The molecule has 0 unspecified atom stereocenters. The van der Waals surface area contributed by atoms with Crippen LogP contribution < -0.4 is 5.73 Å². The van der Waals surface area contributed by atoms with E-state index in [-0.39, 0.29) is 5.82 Å². The van der Waals surface area contributed by atoms with E-state index in [0.29, 0.717) is 12.4 Å². The van der Waals surface area contributed by atoms with Crippen LogP contribution in [0.5, 0.6) is 0 Å². The number of aromatic nitrogens is 7. The molecule has 0 aliphatic heterocycles. The van der Waals surface area contributed by atoms with Gasteiger partial charge >= 0.3 is 0 Å². The molecule has 0 atom stereocenters. The highest BCUT2D eigenvalue weighted by molar-refractivity contribution is 5.43. The topological polar surface area (TPSA) is 113 Å². The lowest BCUT2D eigenvalue weighted by Gasteiger charge is -1.95. The van der Waals surface area contributed by atoms with E-state index in [9.17, 15) is 0 Å². The van der Waals surface area contributed by atoms with Crippen molar-refractivity contribution < 1.29 is 4.63 Å². The first-order chi connectivity index (χ1) is 8.33. The van der Waals surface area contributed by atoms with Crippen molar-refractivity contribution in [3.05, 3.63) is 30.6 Å². The van der Waals surface area contributed by atoms with Crippen molar-refractivity contribution in [2.75, 3.05) is 5.73 Å². The minimum absolute atomic E-state index is 0.170. The standard InChI is InChI=1S/C8H8N8O/c9-7-8(13-17-12-7)16-4-6(11-14-16)3-15-2-1-10-5-15/h1-2,4-5H,3H2,(H2,9,12). The number of nitrogen functional groups attached to an aromatic ring is 1. The molecule has 2 N–H and O–H groups in total. The fourth-order valence-electron chi connectivity index (χ4n) is 1.39. The molecule has 3 aromatic heterocycles. The summed E-state index contributed by atoms with van der Waals surface area (Å²) in [4.78, 5) is 3.94. The molecular formula is C8H8N8O. The van der Waals surface area contributed by atoms with Gasteiger partial charge in [0.1, 0.15) is 5.69 Å². The summed E-state index contributed by atoms with van der Waals surface area (Å²) in [5, 5.41) is 15.0. The first-order valence-corrected chi connectivity index (χ1v) is 4.78. The van der Waals surface area contributed by atoms with Gasteiger partial charge in [-0.25, -0.2) is 9.61 Å². The van der Waals surface area contributed by atoms with Crippen LogP contribution in [0.2, 0.25) is 0 Å². The van der Waals surface area contributed by atoms with Gasteiger partial charge in [-0.3, -0.25) is 0 Å². The maximum Gasteiger partial charge on any atom is 0.243 e. The van der Waals surface area contributed by atoms with Crippen molar-refractivity contribution in [3.63, 3.8) is 0 Å². The second-order valence-corrected chi connectivity index (χ2v) is 3.36. The van der Waals surface area contributed by atoms with Crippen LogP contribution in [0.15, 0.2) is 29.5 Å².